The van der Waals surface area contributed by atoms with Gasteiger partial charge in [0.2, 0.25) is 0 Å². The van der Waals surface area contributed by atoms with Crippen molar-refractivity contribution in [3.63, 3.8) is 0 Å². The molecule has 29 heavy (non-hydrogen) atoms. The van der Waals surface area contributed by atoms with Crippen molar-refractivity contribution < 1.29 is 47.7 Å². The Morgan fingerprint density at radius 1 is 0.586 bits per heavy atom. The molecule has 0 aliphatic heterocycles. The zero-order valence-electron chi connectivity index (χ0n) is 17.3. The second-order valence-electron chi connectivity index (χ2n) is 7.67. The summed E-state index contributed by atoms with van der Waals surface area (Å²) in [6, 6.07) is 21.8. The Bertz CT molecular complexity index is 900. The van der Waals surface area contributed by atoms with Crippen LogP contribution in [0.5, 0.6) is 0 Å². The van der Waals surface area contributed by atoms with Crippen molar-refractivity contribution in [1.29, 1.82) is 0 Å². The van der Waals surface area contributed by atoms with Gasteiger partial charge in [-0.1, -0.05) is 0 Å². The summed E-state index contributed by atoms with van der Waals surface area (Å²) in [7, 11) is 0. The monoisotopic (exact) mass is 588 g/mol. The molecule has 0 amide bonds. The summed E-state index contributed by atoms with van der Waals surface area (Å²) in [4.78, 5) is 0. The summed E-state index contributed by atoms with van der Waals surface area (Å²) >= 11 is -1.05. The van der Waals surface area contributed by atoms with Crippen LogP contribution in [0.15, 0.2) is 90.6 Å². The molecule has 3 heteroatoms. The third-order valence-electron chi connectivity index (χ3n) is 5.80. The van der Waals surface area contributed by atoms with Gasteiger partial charge in [0.05, 0.1) is 0 Å². The van der Waals surface area contributed by atoms with E-state index in [0.717, 1.165) is 0 Å². The van der Waals surface area contributed by atoms with Gasteiger partial charge >= 0.3 is 175 Å². The Labute approximate surface area is 199 Å². The van der Waals surface area contributed by atoms with Gasteiger partial charge < -0.3 is 24.8 Å². The minimum Gasteiger partial charge on any atom is -1.00 e. The Morgan fingerprint density at radius 2 is 0.931 bits per heavy atom. The van der Waals surface area contributed by atoms with Crippen molar-refractivity contribution in [3.8, 4) is 0 Å². The zero-order chi connectivity index (χ0) is 19.0. The topological polar surface area (TPSA) is 0 Å². The summed E-state index contributed by atoms with van der Waals surface area (Å²) in [5, 5.41) is 0. The molecule has 0 saturated carbocycles. The van der Waals surface area contributed by atoms with E-state index in [0.29, 0.717) is 11.8 Å². The van der Waals surface area contributed by atoms with Gasteiger partial charge in [-0.25, -0.2) is 0 Å². The molecule has 2 atom stereocenters. The molecule has 2 aromatic carbocycles. The van der Waals surface area contributed by atoms with E-state index in [2.05, 4.69) is 101 Å². The summed E-state index contributed by atoms with van der Waals surface area (Å²) in [5.41, 5.74) is 8.77. The molecule has 0 radical (unpaired) electrons. The minimum atomic E-state index is -1.05. The van der Waals surface area contributed by atoms with E-state index in [4.69, 9.17) is 0 Å². The summed E-state index contributed by atoms with van der Waals surface area (Å²) in [6.07, 6.45) is 4.99. The van der Waals surface area contributed by atoms with Crippen LogP contribution in [0.2, 0.25) is 0 Å². The number of rotatable bonds is 4. The average Bonchev–Trinajstić information content (AvgIpc) is 3.14. The van der Waals surface area contributed by atoms with Crippen molar-refractivity contribution in [2.24, 2.45) is 11.8 Å². The second kappa shape index (κ2) is 10.2. The molecule has 0 saturated heterocycles. The van der Waals surface area contributed by atoms with Crippen molar-refractivity contribution in [1.82, 2.24) is 0 Å². The van der Waals surface area contributed by atoms with Gasteiger partial charge in [-0.05, 0) is 0 Å². The van der Waals surface area contributed by atoms with Gasteiger partial charge in [0.15, 0.2) is 0 Å². The second-order valence-corrected chi connectivity index (χ2v) is 12.4. The standard InChI is InChI=1S/2C13H13.2ClH.Hf/c2*1-10-8-11(2)13(9-10)12-6-4-3-5-7-12;;;/h2*3-7,9-10H,1-2H3;2*1H;/q;;;;+2/p-2. The van der Waals surface area contributed by atoms with Crippen molar-refractivity contribution >= 4 is 11.1 Å². The molecule has 0 aromatic heterocycles. The fraction of sp³-hybridized carbons (Fsp3) is 0.231. The maximum absolute atomic E-state index is 2.49. The summed E-state index contributed by atoms with van der Waals surface area (Å²) < 4.78 is 3.55. The molecule has 0 N–H and O–H groups in total. The predicted octanol–water partition coefficient (Wildman–Crippen LogP) is 1.09. The van der Waals surface area contributed by atoms with Crippen LogP contribution in [-0.4, -0.2) is 0 Å². The molecule has 2 aromatic rings. The van der Waals surface area contributed by atoms with Crippen molar-refractivity contribution in [2.75, 3.05) is 0 Å². The molecule has 0 bridgehead atoms. The molecule has 2 aliphatic rings. The first-order valence-electron chi connectivity index (χ1n) is 9.80. The van der Waals surface area contributed by atoms with E-state index >= 15 is 0 Å². The average molecular weight is 588 g/mol. The van der Waals surface area contributed by atoms with Crippen LogP contribution in [0.1, 0.15) is 38.8 Å². The van der Waals surface area contributed by atoms with Gasteiger partial charge in [-0.15, -0.1) is 0 Å². The molecule has 2 unspecified atom stereocenters. The van der Waals surface area contributed by atoms with Crippen LogP contribution < -0.4 is 24.8 Å². The first-order valence-corrected chi connectivity index (χ1v) is 13.4. The van der Waals surface area contributed by atoms with Crippen molar-refractivity contribution in [2.45, 2.75) is 27.7 Å². The Balaban J connectivity index is 0.00000150. The maximum Gasteiger partial charge on any atom is -1.00 e. The maximum atomic E-state index is 2.49. The van der Waals surface area contributed by atoms with Gasteiger partial charge in [-0.2, -0.15) is 0 Å². The normalized spacial score (nSPS) is 20.6. The van der Waals surface area contributed by atoms with E-state index in [1.54, 1.807) is 17.8 Å². The van der Waals surface area contributed by atoms with Gasteiger partial charge in [-0.3, -0.25) is 0 Å². The summed E-state index contributed by atoms with van der Waals surface area (Å²) in [5.74, 6) is 1.19. The van der Waals surface area contributed by atoms with E-state index in [-0.39, 0.29) is 24.8 Å². The van der Waals surface area contributed by atoms with Crippen LogP contribution in [0.4, 0.5) is 0 Å². The van der Waals surface area contributed by atoms with Crippen LogP contribution in [0.25, 0.3) is 11.1 Å². The summed E-state index contributed by atoms with van der Waals surface area (Å²) in [6.45, 7) is 9.49. The van der Waals surface area contributed by atoms with Crippen LogP contribution in [-0.2, 0) is 22.9 Å². The molecule has 0 heterocycles. The quantitative estimate of drug-likeness (QED) is 0.470. The molecule has 0 fully saturated rings. The predicted molar refractivity (Wildman–Crippen MR) is 113 cm³/mol. The van der Waals surface area contributed by atoms with Gasteiger partial charge in [0.1, 0.15) is 0 Å². The number of hydrogen-bond acceptors (Lipinski definition) is 0. The molecule has 0 spiro atoms. The minimum absolute atomic E-state index is 0. The fourth-order valence-electron chi connectivity index (χ4n) is 4.31. The van der Waals surface area contributed by atoms with Crippen LogP contribution >= 0.6 is 0 Å². The molecular weight excluding hydrogens is 562 g/mol. The molecular formula is C26H26Cl2Hf. The zero-order valence-corrected chi connectivity index (χ0v) is 22.4. The van der Waals surface area contributed by atoms with E-state index in [1.807, 2.05) is 0 Å². The van der Waals surface area contributed by atoms with E-state index in [9.17, 15) is 0 Å². The first-order chi connectivity index (χ1) is 13.1. The molecule has 2 aliphatic carbocycles. The van der Waals surface area contributed by atoms with Gasteiger partial charge in [0, 0.05) is 0 Å². The third-order valence-corrected chi connectivity index (χ3v) is 13.7. The largest absolute Gasteiger partial charge is 1.00 e. The Kier molecular flexibility index (Phi) is 8.52. The Hall–Kier alpha value is -1.15. The number of allylic oxidation sites excluding steroid dienone is 8. The van der Waals surface area contributed by atoms with E-state index < -0.39 is 22.9 Å². The molecule has 4 rings (SSSR count). The molecule has 0 nitrogen and oxygen atoms in total. The number of benzene rings is 2. The fourth-order valence-corrected chi connectivity index (χ4v) is 9.90. The Morgan fingerprint density at radius 3 is 1.28 bits per heavy atom. The SMILES string of the molecule is CC1=[C]([Hf+2][C]2=C(C)C(c3ccccc3)=CC2C)C(C)C=C1c1ccccc1.[Cl-].[Cl-]. The number of hydrogen-bond donors (Lipinski definition) is 0. The van der Waals surface area contributed by atoms with E-state index in [1.165, 1.54) is 22.3 Å². The van der Waals surface area contributed by atoms with Crippen LogP contribution in [0, 0.1) is 11.8 Å². The molecule has 148 valence electrons. The number of halogens is 2. The smallest absolute Gasteiger partial charge is 1.00 e. The van der Waals surface area contributed by atoms with Crippen LogP contribution in [0.3, 0.4) is 0 Å². The first kappa shape index (κ1) is 24.1. The van der Waals surface area contributed by atoms with Crippen molar-refractivity contribution in [3.05, 3.63) is 102 Å². The third kappa shape index (κ3) is 4.79. The van der Waals surface area contributed by atoms with Gasteiger partial charge in [0.25, 0.3) is 0 Å².